The molecular formula is C21H19ClN2O4. The molecule has 1 N–H and O–H groups in total. The van der Waals surface area contributed by atoms with E-state index in [1.807, 2.05) is 31.2 Å². The number of halogens is 1. The van der Waals surface area contributed by atoms with Crippen molar-refractivity contribution in [3.63, 3.8) is 0 Å². The minimum atomic E-state index is -0.587. The predicted molar refractivity (Wildman–Crippen MR) is 108 cm³/mol. The lowest BCUT2D eigenvalue weighted by atomic mass is 10.0. The first-order chi connectivity index (χ1) is 13.4. The Balaban J connectivity index is 1.69. The standard InChI is InChI=1S/C21H19ClN2O4/c1-12-15-6-4-5-7-17(15)23-13(2)20(12)21(26)28-11-19(25)24-14-8-9-18(27-3)16(22)10-14/h4-10H,11H2,1-3H3,(H,24,25). The Morgan fingerprint density at radius 1 is 1.14 bits per heavy atom. The van der Waals surface area contributed by atoms with Gasteiger partial charge in [0.1, 0.15) is 5.75 Å². The summed E-state index contributed by atoms with van der Waals surface area (Å²) in [4.78, 5) is 29.1. The maximum Gasteiger partial charge on any atom is 0.340 e. The van der Waals surface area contributed by atoms with E-state index in [4.69, 9.17) is 21.1 Å². The average molecular weight is 399 g/mol. The van der Waals surface area contributed by atoms with Crippen LogP contribution in [0.4, 0.5) is 5.69 Å². The molecule has 0 aliphatic rings. The Hall–Kier alpha value is -3.12. The van der Waals surface area contributed by atoms with Gasteiger partial charge in [-0.1, -0.05) is 29.8 Å². The minimum Gasteiger partial charge on any atom is -0.495 e. The number of amides is 1. The van der Waals surface area contributed by atoms with Gasteiger partial charge in [-0.15, -0.1) is 0 Å². The Morgan fingerprint density at radius 2 is 1.89 bits per heavy atom. The van der Waals surface area contributed by atoms with Gasteiger partial charge >= 0.3 is 5.97 Å². The molecular weight excluding hydrogens is 380 g/mol. The number of pyridine rings is 1. The molecule has 0 saturated heterocycles. The van der Waals surface area contributed by atoms with Crippen LogP contribution in [0.1, 0.15) is 21.6 Å². The summed E-state index contributed by atoms with van der Waals surface area (Å²) in [5, 5.41) is 3.87. The molecule has 0 saturated carbocycles. The number of fused-ring (bicyclic) bond motifs is 1. The molecule has 7 heteroatoms. The van der Waals surface area contributed by atoms with Crippen molar-refractivity contribution in [3.8, 4) is 5.75 Å². The van der Waals surface area contributed by atoms with Gasteiger partial charge in [0.15, 0.2) is 6.61 Å². The summed E-state index contributed by atoms with van der Waals surface area (Å²) in [6, 6.07) is 12.4. The van der Waals surface area contributed by atoms with Crippen LogP contribution in [-0.2, 0) is 9.53 Å². The molecule has 0 radical (unpaired) electrons. The van der Waals surface area contributed by atoms with Crippen LogP contribution in [0.25, 0.3) is 10.9 Å². The molecule has 0 aliphatic carbocycles. The number of para-hydroxylation sites is 1. The largest absolute Gasteiger partial charge is 0.495 e. The van der Waals surface area contributed by atoms with Crippen LogP contribution < -0.4 is 10.1 Å². The second-order valence-electron chi connectivity index (χ2n) is 6.19. The van der Waals surface area contributed by atoms with Crippen molar-refractivity contribution in [3.05, 3.63) is 64.3 Å². The van der Waals surface area contributed by atoms with Crippen molar-refractivity contribution in [1.82, 2.24) is 4.98 Å². The van der Waals surface area contributed by atoms with E-state index < -0.39 is 18.5 Å². The lowest BCUT2D eigenvalue weighted by molar-refractivity contribution is -0.119. The number of ether oxygens (including phenoxy) is 2. The third kappa shape index (κ3) is 4.07. The van der Waals surface area contributed by atoms with Gasteiger partial charge in [-0.2, -0.15) is 0 Å². The van der Waals surface area contributed by atoms with E-state index in [1.54, 1.807) is 25.1 Å². The Bertz CT molecular complexity index is 1070. The first kappa shape index (κ1) is 19.6. The van der Waals surface area contributed by atoms with Gasteiger partial charge in [0.25, 0.3) is 5.91 Å². The number of aromatic nitrogens is 1. The quantitative estimate of drug-likeness (QED) is 0.648. The molecule has 0 fully saturated rings. The number of nitrogens with one attached hydrogen (secondary N) is 1. The van der Waals surface area contributed by atoms with Gasteiger partial charge in [0.2, 0.25) is 0 Å². The number of carbonyl (C=O) groups is 2. The van der Waals surface area contributed by atoms with Crippen LogP contribution in [0.15, 0.2) is 42.5 Å². The van der Waals surface area contributed by atoms with Gasteiger partial charge in [-0.3, -0.25) is 9.78 Å². The zero-order valence-corrected chi connectivity index (χ0v) is 16.5. The summed E-state index contributed by atoms with van der Waals surface area (Å²) in [6.07, 6.45) is 0. The number of methoxy groups -OCH3 is 1. The van der Waals surface area contributed by atoms with E-state index >= 15 is 0 Å². The highest BCUT2D eigenvalue weighted by atomic mass is 35.5. The van der Waals surface area contributed by atoms with Crippen LogP contribution in [0.2, 0.25) is 5.02 Å². The maximum atomic E-state index is 12.5. The van der Waals surface area contributed by atoms with E-state index in [1.165, 1.54) is 7.11 Å². The summed E-state index contributed by atoms with van der Waals surface area (Å²) in [6.45, 7) is 3.16. The van der Waals surface area contributed by atoms with Crippen LogP contribution >= 0.6 is 11.6 Å². The molecule has 0 aliphatic heterocycles. The lowest BCUT2D eigenvalue weighted by Gasteiger charge is -2.12. The molecule has 144 valence electrons. The Kier molecular flexibility index (Phi) is 5.80. The molecule has 1 amide bonds. The van der Waals surface area contributed by atoms with Crippen molar-refractivity contribution < 1.29 is 19.1 Å². The van der Waals surface area contributed by atoms with E-state index in [0.29, 0.717) is 27.7 Å². The molecule has 0 spiro atoms. The highest BCUT2D eigenvalue weighted by Gasteiger charge is 2.19. The summed E-state index contributed by atoms with van der Waals surface area (Å²) in [5.74, 6) is -0.560. The van der Waals surface area contributed by atoms with E-state index in [0.717, 1.165) is 16.5 Å². The van der Waals surface area contributed by atoms with E-state index in [2.05, 4.69) is 10.3 Å². The molecule has 1 heterocycles. The molecule has 0 bridgehead atoms. The minimum absolute atomic E-state index is 0.366. The number of anilines is 1. The molecule has 3 aromatic rings. The van der Waals surface area contributed by atoms with Gasteiger partial charge < -0.3 is 14.8 Å². The summed E-state index contributed by atoms with van der Waals surface area (Å²) < 4.78 is 10.3. The number of rotatable bonds is 5. The topological polar surface area (TPSA) is 77.5 Å². The lowest BCUT2D eigenvalue weighted by Crippen LogP contribution is -2.22. The van der Waals surface area contributed by atoms with Crippen molar-refractivity contribution >= 4 is 40.1 Å². The van der Waals surface area contributed by atoms with Gasteiger partial charge in [0, 0.05) is 11.1 Å². The van der Waals surface area contributed by atoms with Gasteiger partial charge in [-0.05, 0) is 43.7 Å². The molecule has 0 atom stereocenters. The van der Waals surface area contributed by atoms with Gasteiger partial charge in [-0.25, -0.2) is 4.79 Å². The fourth-order valence-corrected chi connectivity index (χ4v) is 3.23. The zero-order valence-electron chi connectivity index (χ0n) is 15.7. The zero-order chi connectivity index (χ0) is 20.3. The number of nitrogens with zero attached hydrogens (tertiary/aromatic N) is 1. The van der Waals surface area contributed by atoms with Crippen LogP contribution in [0.5, 0.6) is 5.75 Å². The van der Waals surface area contributed by atoms with E-state index in [9.17, 15) is 9.59 Å². The summed E-state index contributed by atoms with van der Waals surface area (Å²) >= 11 is 6.03. The monoisotopic (exact) mass is 398 g/mol. The molecule has 0 unspecified atom stereocenters. The number of hydrogen-bond acceptors (Lipinski definition) is 5. The average Bonchev–Trinajstić information content (AvgIpc) is 2.66. The second kappa shape index (κ2) is 8.27. The first-order valence-corrected chi connectivity index (χ1v) is 8.95. The van der Waals surface area contributed by atoms with Crippen LogP contribution in [-0.4, -0.2) is 30.6 Å². The molecule has 28 heavy (non-hydrogen) atoms. The number of benzene rings is 2. The fraction of sp³-hybridized carbons (Fsp3) is 0.190. The number of esters is 1. The molecule has 3 rings (SSSR count). The number of hydrogen-bond donors (Lipinski definition) is 1. The highest BCUT2D eigenvalue weighted by molar-refractivity contribution is 6.32. The van der Waals surface area contributed by atoms with Gasteiger partial charge in [0.05, 0.1) is 28.9 Å². The second-order valence-corrected chi connectivity index (χ2v) is 6.60. The Labute approximate surface area is 167 Å². The predicted octanol–water partition coefficient (Wildman–Crippen LogP) is 4.31. The first-order valence-electron chi connectivity index (χ1n) is 8.57. The molecule has 1 aromatic heterocycles. The number of aryl methyl sites for hydroxylation is 2. The SMILES string of the molecule is COc1ccc(NC(=O)COC(=O)c2c(C)nc3ccccc3c2C)cc1Cl. The third-order valence-electron chi connectivity index (χ3n) is 4.31. The smallest absolute Gasteiger partial charge is 0.340 e. The van der Waals surface area contributed by atoms with Crippen LogP contribution in [0, 0.1) is 13.8 Å². The van der Waals surface area contributed by atoms with E-state index in [-0.39, 0.29) is 0 Å². The highest BCUT2D eigenvalue weighted by Crippen LogP contribution is 2.27. The van der Waals surface area contributed by atoms with Crippen molar-refractivity contribution in [1.29, 1.82) is 0 Å². The fourth-order valence-electron chi connectivity index (χ4n) is 2.98. The molecule has 2 aromatic carbocycles. The van der Waals surface area contributed by atoms with Crippen LogP contribution in [0.3, 0.4) is 0 Å². The normalized spacial score (nSPS) is 10.6. The Morgan fingerprint density at radius 3 is 2.61 bits per heavy atom. The number of carbonyl (C=O) groups excluding carboxylic acids is 2. The van der Waals surface area contributed by atoms with Crippen molar-refractivity contribution in [2.24, 2.45) is 0 Å². The van der Waals surface area contributed by atoms with Crippen molar-refractivity contribution in [2.75, 3.05) is 19.0 Å². The summed E-state index contributed by atoms with van der Waals surface area (Å²) in [5.41, 5.74) is 2.99. The third-order valence-corrected chi connectivity index (χ3v) is 4.60. The van der Waals surface area contributed by atoms with Crippen molar-refractivity contribution in [2.45, 2.75) is 13.8 Å². The summed E-state index contributed by atoms with van der Waals surface area (Å²) in [7, 11) is 1.50. The molecule has 6 nitrogen and oxygen atoms in total. The maximum absolute atomic E-state index is 12.5.